The molecule has 0 saturated heterocycles. The predicted molar refractivity (Wildman–Crippen MR) is 79.7 cm³/mol. The molecule has 0 aliphatic carbocycles. The minimum atomic E-state index is -0.768. The van der Waals surface area contributed by atoms with E-state index in [4.69, 9.17) is 14.2 Å². The highest BCUT2D eigenvalue weighted by Gasteiger charge is 2.16. The van der Waals surface area contributed by atoms with E-state index in [0.29, 0.717) is 38.5 Å². The Hall–Kier alpha value is -1.26. The van der Waals surface area contributed by atoms with Crippen LogP contribution in [0.3, 0.4) is 0 Å². The number of rotatable bonds is 12. The summed E-state index contributed by atoms with van der Waals surface area (Å²) in [7, 11) is 0. The van der Waals surface area contributed by atoms with Crippen LogP contribution in [0.5, 0.6) is 0 Å². The van der Waals surface area contributed by atoms with Gasteiger partial charge in [0.2, 0.25) is 0 Å². The molecule has 0 spiro atoms. The standard InChI is InChI=1S/C16H28F2O3/c1-5-9-13(15(17)19-11-7-3)21-14(10-6-2)16(18)20-12-8-4/h5-12H2,1-4H3. The van der Waals surface area contributed by atoms with E-state index < -0.39 is 12.0 Å². The second-order valence-corrected chi connectivity index (χ2v) is 4.69. The largest absolute Gasteiger partial charge is 0.468 e. The van der Waals surface area contributed by atoms with Crippen LogP contribution >= 0.6 is 0 Å². The summed E-state index contributed by atoms with van der Waals surface area (Å²) in [6.45, 7) is 8.09. The minimum absolute atomic E-state index is 0.0321. The van der Waals surface area contributed by atoms with E-state index in [9.17, 15) is 8.78 Å². The van der Waals surface area contributed by atoms with Gasteiger partial charge in [-0.3, -0.25) is 0 Å². The van der Waals surface area contributed by atoms with Crippen LogP contribution in [0.2, 0.25) is 0 Å². The third-order valence-corrected chi connectivity index (χ3v) is 2.50. The molecule has 0 N–H and O–H groups in total. The molecule has 0 aliphatic rings. The highest BCUT2D eigenvalue weighted by molar-refractivity contribution is 5.03. The Balaban J connectivity index is 5.04. The fourth-order valence-corrected chi connectivity index (χ4v) is 1.53. The zero-order valence-corrected chi connectivity index (χ0v) is 13.6. The van der Waals surface area contributed by atoms with Gasteiger partial charge < -0.3 is 14.2 Å². The number of allylic oxidation sites excluding steroid dienone is 2. The van der Waals surface area contributed by atoms with Crippen molar-refractivity contribution in [2.24, 2.45) is 0 Å². The molecule has 0 amide bonds. The molecule has 0 bridgehead atoms. The quantitative estimate of drug-likeness (QED) is 0.431. The van der Waals surface area contributed by atoms with E-state index in [2.05, 4.69) is 0 Å². The van der Waals surface area contributed by atoms with Gasteiger partial charge in [0.05, 0.1) is 13.2 Å². The van der Waals surface area contributed by atoms with Gasteiger partial charge in [-0.05, 0) is 25.7 Å². The van der Waals surface area contributed by atoms with E-state index in [0.717, 1.165) is 0 Å². The van der Waals surface area contributed by atoms with Crippen molar-refractivity contribution < 1.29 is 23.0 Å². The Kier molecular flexibility index (Phi) is 11.7. The van der Waals surface area contributed by atoms with Crippen molar-refractivity contribution in [3.05, 3.63) is 23.5 Å². The zero-order chi connectivity index (χ0) is 16.1. The molecule has 0 radical (unpaired) electrons. The van der Waals surface area contributed by atoms with Crippen molar-refractivity contribution in [1.29, 1.82) is 0 Å². The summed E-state index contributed by atoms with van der Waals surface area (Å²) in [5.41, 5.74) is 0. The Morgan fingerprint density at radius 2 is 1.05 bits per heavy atom. The summed E-state index contributed by atoms with van der Waals surface area (Å²) >= 11 is 0. The highest BCUT2D eigenvalue weighted by atomic mass is 19.1. The van der Waals surface area contributed by atoms with Crippen molar-refractivity contribution >= 4 is 0 Å². The first-order valence-electron chi connectivity index (χ1n) is 7.81. The van der Waals surface area contributed by atoms with E-state index in [-0.39, 0.29) is 24.7 Å². The van der Waals surface area contributed by atoms with E-state index >= 15 is 0 Å². The van der Waals surface area contributed by atoms with Crippen molar-refractivity contribution in [2.75, 3.05) is 13.2 Å². The third kappa shape index (κ3) is 8.58. The van der Waals surface area contributed by atoms with Crippen molar-refractivity contribution in [3.8, 4) is 0 Å². The lowest BCUT2D eigenvalue weighted by Gasteiger charge is -2.15. The molecule has 0 fully saturated rings. The minimum Gasteiger partial charge on any atom is -0.468 e. The van der Waals surface area contributed by atoms with Gasteiger partial charge in [-0.25, -0.2) is 0 Å². The van der Waals surface area contributed by atoms with Crippen LogP contribution in [0.25, 0.3) is 0 Å². The maximum absolute atomic E-state index is 13.9. The first-order valence-corrected chi connectivity index (χ1v) is 7.81. The fourth-order valence-electron chi connectivity index (χ4n) is 1.53. The van der Waals surface area contributed by atoms with Gasteiger partial charge in [-0.15, -0.1) is 0 Å². The predicted octanol–water partition coefficient (Wildman–Crippen LogP) is 5.73. The molecular weight excluding hydrogens is 278 g/mol. The second kappa shape index (κ2) is 12.5. The molecule has 0 aliphatic heterocycles. The molecule has 0 aromatic rings. The zero-order valence-electron chi connectivity index (χ0n) is 13.6. The van der Waals surface area contributed by atoms with Crippen molar-refractivity contribution in [1.82, 2.24) is 0 Å². The Labute approximate surface area is 127 Å². The molecule has 0 unspecified atom stereocenters. The Morgan fingerprint density at radius 3 is 1.33 bits per heavy atom. The molecule has 0 saturated carbocycles. The molecule has 0 atom stereocenters. The average Bonchev–Trinajstić information content (AvgIpc) is 2.48. The van der Waals surface area contributed by atoms with Crippen LogP contribution < -0.4 is 0 Å². The third-order valence-electron chi connectivity index (χ3n) is 2.50. The normalized spacial score (nSPS) is 13.4. The maximum atomic E-state index is 13.9. The van der Waals surface area contributed by atoms with Crippen LogP contribution in [0.4, 0.5) is 8.78 Å². The lowest BCUT2D eigenvalue weighted by atomic mass is 10.2. The van der Waals surface area contributed by atoms with Crippen molar-refractivity contribution in [3.63, 3.8) is 0 Å². The number of hydrogen-bond acceptors (Lipinski definition) is 3. The topological polar surface area (TPSA) is 27.7 Å². The van der Waals surface area contributed by atoms with Gasteiger partial charge >= 0.3 is 12.0 Å². The Bertz CT molecular complexity index is 306. The van der Waals surface area contributed by atoms with E-state index in [1.807, 2.05) is 27.7 Å². The average molecular weight is 306 g/mol. The summed E-state index contributed by atoms with van der Waals surface area (Å²) in [5.74, 6) is 0.0642. The first-order chi connectivity index (χ1) is 10.1. The van der Waals surface area contributed by atoms with Gasteiger partial charge in [-0.1, -0.05) is 27.7 Å². The summed E-state index contributed by atoms with van der Waals surface area (Å²) in [6, 6.07) is -1.54. The smallest absolute Gasteiger partial charge is 0.311 e. The lowest BCUT2D eigenvalue weighted by Crippen LogP contribution is -2.03. The Morgan fingerprint density at radius 1 is 0.667 bits per heavy atom. The van der Waals surface area contributed by atoms with Gasteiger partial charge in [0, 0.05) is 12.8 Å². The number of ether oxygens (including phenoxy) is 3. The number of halogens is 2. The van der Waals surface area contributed by atoms with Gasteiger partial charge in [-0.2, -0.15) is 8.78 Å². The van der Waals surface area contributed by atoms with Crippen LogP contribution in [0.1, 0.15) is 66.2 Å². The molecule has 21 heavy (non-hydrogen) atoms. The highest BCUT2D eigenvalue weighted by Crippen LogP contribution is 2.24. The van der Waals surface area contributed by atoms with Crippen LogP contribution in [0, 0.1) is 0 Å². The van der Waals surface area contributed by atoms with Crippen molar-refractivity contribution in [2.45, 2.75) is 66.2 Å². The summed E-state index contributed by atoms with van der Waals surface area (Å²) < 4.78 is 43.1. The van der Waals surface area contributed by atoms with E-state index in [1.165, 1.54) is 0 Å². The lowest BCUT2D eigenvalue weighted by molar-refractivity contribution is 0.0911. The molecular formula is C16H28F2O3. The molecule has 0 heterocycles. The van der Waals surface area contributed by atoms with Gasteiger partial charge in [0.15, 0.2) is 11.5 Å². The molecule has 3 nitrogen and oxygen atoms in total. The van der Waals surface area contributed by atoms with Gasteiger partial charge in [0.1, 0.15) is 0 Å². The molecule has 0 aromatic heterocycles. The summed E-state index contributed by atoms with van der Waals surface area (Å²) in [6.07, 6.45) is 3.44. The molecule has 5 heteroatoms. The fraction of sp³-hybridized carbons (Fsp3) is 0.750. The molecule has 0 aromatic carbocycles. The summed E-state index contributed by atoms with van der Waals surface area (Å²) in [5, 5.41) is 0. The molecule has 124 valence electrons. The van der Waals surface area contributed by atoms with E-state index in [1.54, 1.807) is 0 Å². The van der Waals surface area contributed by atoms with Crippen LogP contribution in [0.15, 0.2) is 23.5 Å². The monoisotopic (exact) mass is 306 g/mol. The maximum Gasteiger partial charge on any atom is 0.311 e. The summed E-state index contributed by atoms with van der Waals surface area (Å²) in [4.78, 5) is 0. The first kappa shape index (κ1) is 19.7. The second-order valence-electron chi connectivity index (χ2n) is 4.69. The molecule has 0 rings (SSSR count). The van der Waals surface area contributed by atoms with Gasteiger partial charge in [0.25, 0.3) is 0 Å². The van der Waals surface area contributed by atoms with Crippen LogP contribution in [-0.4, -0.2) is 13.2 Å². The number of hydrogen-bond donors (Lipinski definition) is 0. The van der Waals surface area contributed by atoms with Crippen LogP contribution in [-0.2, 0) is 14.2 Å². The SMILES string of the molecule is CCCOC(F)=C(CCC)OC(CCC)=C(F)OCCC.